The lowest BCUT2D eigenvalue weighted by Gasteiger charge is -2.37. The van der Waals surface area contributed by atoms with E-state index < -0.39 is 0 Å². The first-order valence-corrected chi connectivity index (χ1v) is 9.15. The van der Waals surface area contributed by atoms with Crippen LogP contribution in [0.25, 0.3) is 0 Å². The summed E-state index contributed by atoms with van der Waals surface area (Å²) in [4.78, 5) is 19.7. The molecule has 3 atom stereocenters. The quantitative estimate of drug-likeness (QED) is 0.803. The zero-order valence-electron chi connectivity index (χ0n) is 15.1. The van der Waals surface area contributed by atoms with Crippen LogP contribution in [0, 0.1) is 0 Å². The lowest BCUT2D eigenvalue weighted by molar-refractivity contribution is -0.134. The van der Waals surface area contributed by atoms with E-state index in [9.17, 15) is 4.79 Å². The molecule has 3 saturated heterocycles. The molecule has 24 heavy (non-hydrogen) atoms. The van der Waals surface area contributed by atoms with E-state index in [2.05, 4.69) is 33.9 Å². The summed E-state index contributed by atoms with van der Waals surface area (Å²) < 4.78 is 0. The number of hydrogen-bond acceptors (Lipinski definition) is 4. The maximum Gasteiger partial charge on any atom is 0.239 e. The second kappa shape index (κ2) is 10.2. The SMILES string of the molecule is CC1CCC(C)N1CCN1CCN(C(=O)[C@@H]2CCCN2)CC1.Cl.Cl. The van der Waals surface area contributed by atoms with E-state index in [1.807, 2.05) is 0 Å². The Kier molecular flexibility index (Phi) is 9.31. The molecule has 1 amide bonds. The fourth-order valence-corrected chi connectivity index (χ4v) is 4.25. The van der Waals surface area contributed by atoms with E-state index in [0.717, 1.165) is 64.2 Å². The van der Waals surface area contributed by atoms with Crippen LogP contribution in [0.3, 0.4) is 0 Å². The second-order valence-electron chi connectivity index (χ2n) is 7.33. The number of carbonyl (C=O) groups is 1. The van der Waals surface area contributed by atoms with Crippen molar-refractivity contribution < 1.29 is 4.79 Å². The standard InChI is InChI=1S/C17H32N4O.2ClH/c1-14-5-6-15(2)21(14)13-10-19-8-11-20(12-9-19)17(22)16-4-3-7-18-16;;/h14-16,18H,3-13H2,1-2H3;2*1H/t14?,15?,16-;;/m0../s1. The lowest BCUT2D eigenvalue weighted by Crippen LogP contribution is -2.54. The molecule has 3 rings (SSSR count). The monoisotopic (exact) mass is 380 g/mol. The van der Waals surface area contributed by atoms with Crippen molar-refractivity contribution in [2.24, 2.45) is 0 Å². The largest absolute Gasteiger partial charge is 0.339 e. The van der Waals surface area contributed by atoms with E-state index in [-0.39, 0.29) is 30.9 Å². The molecular formula is C17H34Cl2N4O. The first-order chi connectivity index (χ1) is 10.6. The van der Waals surface area contributed by atoms with Gasteiger partial charge in [0, 0.05) is 51.4 Å². The molecule has 5 nitrogen and oxygen atoms in total. The van der Waals surface area contributed by atoms with Gasteiger partial charge in [0.15, 0.2) is 0 Å². The first-order valence-electron chi connectivity index (χ1n) is 9.15. The Balaban J connectivity index is 0.00000144. The summed E-state index contributed by atoms with van der Waals surface area (Å²) in [6.07, 6.45) is 4.85. The van der Waals surface area contributed by atoms with Crippen LogP contribution in [-0.2, 0) is 4.79 Å². The van der Waals surface area contributed by atoms with Crippen molar-refractivity contribution in [3.8, 4) is 0 Å². The highest BCUT2D eigenvalue weighted by molar-refractivity contribution is 5.85. The average Bonchev–Trinajstić information content (AvgIpc) is 3.17. The van der Waals surface area contributed by atoms with Gasteiger partial charge in [0.2, 0.25) is 5.91 Å². The third kappa shape index (κ3) is 5.21. The molecule has 0 aromatic heterocycles. The topological polar surface area (TPSA) is 38.8 Å². The van der Waals surface area contributed by atoms with Crippen molar-refractivity contribution in [1.82, 2.24) is 20.0 Å². The van der Waals surface area contributed by atoms with Crippen molar-refractivity contribution in [2.75, 3.05) is 45.8 Å². The number of nitrogens with zero attached hydrogens (tertiary/aromatic N) is 3. The molecule has 0 bridgehead atoms. The summed E-state index contributed by atoms with van der Waals surface area (Å²) in [6, 6.07) is 1.58. The molecule has 2 unspecified atom stereocenters. The summed E-state index contributed by atoms with van der Waals surface area (Å²) in [5.74, 6) is 0.332. The minimum absolute atomic E-state index is 0. The Morgan fingerprint density at radius 3 is 2.12 bits per heavy atom. The van der Waals surface area contributed by atoms with Gasteiger partial charge in [-0.1, -0.05) is 0 Å². The number of rotatable bonds is 4. The molecule has 0 aromatic rings. The molecule has 1 N–H and O–H groups in total. The third-order valence-corrected chi connectivity index (χ3v) is 5.85. The van der Waals surface area contributed by atoms with Gasteiger partial charge in [-0.3, -0.25) is 14.6 Å². The molecular weight excluding hydrogens is 347 g/mol. The van der Waals surface area contributed by atoms with Gasteiger partial charge in [-0.05, 0) is 46.1 Å². The average molecular weight is 381 g/mol. The maximum atomic E-state index is 12.4. The van der Waals surface area contributed by atoms with E-state index in [4.69, 9.17) is 0 Å². The summed E-state index contributed by atoms with van der Waals surface area (Å²) in [7, 11) is 0. The smallest absolute Gasteiger partial charge is 0.239 e. The molecule has 0 aromatic carbocycles. The molecule has 0 radical (unpaired) electrons. The van der Waals surface area contributed by atoms with E-state index in [1.54, 1.807) is 0 Å². The van der Waals surface area contributed by atoms with Gasteiger partial charge < -0.3 is 10.2 Å². The van der Waals surface area contributed by atoms with Crippen molar-refractivity contribution in [3.63, 3.8) is 0 Å². The van der Waals surface area contributed by atoms with Crippen molar-refractivity contribution in [2.45, 2.75) is 57.7 Å². The molecule has 142 valence electrons. The van der Waals surface area contributed by atoms with Crippen molar-refractivity contribution >= 4 is 30.7 Å². The predicted octanol–water partition coefficient (Wildman–Crippen LogP) is 1.60. The molecule has 3 heterocycles. The molecule has 3 aliphatic rings. The third-order valence-electron chi connectivity index (χ3n) is 5.85. The second-order valence-corrected chi connectivity index (χ2v) is 7.33. The molecule has 3 aliphatic heterocycles. The first kappa shape index (κ1) is 22.0. The van der Waals surface area contributed by atoms with Crippen LogP contribution in [0.5, 0.6) is 0 Å². The molecule has 0 saturated carbocycles. The fraction of sp³-hybridized carbons (Fsp3) is 0.941. The number of hydrogen-bond donors (Lipinski definition) is 1. The van der Waals surface area contributed by atoms with Crippen LogP contribution in [0.1, 0.15) is 39.5 Å². The zero-order chi connectivity index (χ0) is 15.5. The van der Waals surface area contributed by atoms with Crippen LogP contribution >= 0.6 is 24.8 Å². The Labute approximate surface area is 159 Å². The zero-order valence-corrected chi connectivity index (χ0v) is 16.7. The Bertz CT molecular complexity index is 375. The summed E-state index contributed by atoms with van der Waals surface area (Å²) in [5.41, 5.74) is 0. The number of piperazine rings is 1. The predicted molar refractivity (Wildman–Crippen MR) is 103 cm³/mol. The van der Waals surface area contributed by atoms with Gasteiger partial charge in [-0.15, -0.1) is 24.8 Å². The Morgan fingerprint density at radius 1 is 0.958 bits per heavy atom. The molecule has 7 heteroatoms. The lowest BCUT2D eigenvalue weighted by atomic mass is 10.2. The normalized spacial score (nSPS) is 31.6. The van der Waals surface area contributed by atoms with Crippen LogP contribution in [-0.4, -0.2) is 84.5 Å². The van der Waals surface area contributed by atoms with Crippen LogP contribution in [0.15, 0.2) is 0 Å². The number of likely N-dealkylation sites (tertiary alicyclic amines) is 1. The van der Waals surface area contributed by atoms with Crippen LogP contribution < -0.4 is 5.32 Å². The number of amides is 1. The number of nitrogens with one attached hydrogen (secondary N) is 1. The molecule has 0 spiro atoms. The van der Waals surface area contributed by atoms with Gasteiger partial charge in [0.05, 0.1) is 6.04 Å². The Morgan fingerprint density at radius 2 is 1.58 bits per heavy atom. The highest BCUT2D eigenvalue weighted by atomic mass is 35.5. The Hall–Kier alpha value is -0.0700. The number of carbonyl (C=O) groups excluding carboxylic acids is 1. The van der Waals surface area contributed by atoms with E-state index in [0.29, 0.717) is 5.91 Å². The maximum absolute atomic E-state index is 12.4. The van der Waals surface area contributed by atoms with Gasteiger partial charge in [0.1, 0.15) is 0 Å². The minimum Gasteiger partial charge on any atom is -0.339 e. The van der Waals surface area contributed by atoms with E-state index >= 15 is 0 Å². The number of halogens is 2. The fourth-order valence-electron chi connectivity index (χ4n) is 4.25. The molecule has 0 aliphatic carbocycles. The molecule has 3 fully saturated rings. The highest BCUT2D eigenvalue weighted by Crippen LogP contribution is 2.23. The summed E-state index contributed by atoms with van der Waals surface area (Å²) in [5, 5.41) is 3.33. The minimum atomic E-state index is 0. The van der Waals surface area contributed by atoms with E-state index in [1.165, 1.54) is 19.4 Å². The van der Waals surface area contributed by atoms with Gasteiger partial charge >= 0.3 is 0 Å². The summed E-state index contributed by atoms with van der Waals surface area (Å²) in [6.45, 7) is 11.9. The summed E-state index contributed by atoms with van der Waals surface area (Å²) >= 11 is 0. The van der Waals surface area contributed by atoms with Crippen LogP contribution in [0.4, 0.5) is 0 Å². The van der Waals surface area contributed by atoms with Gasteiger partial charge in [-0.2, -0.15) is 0 Å². The van der Waals surface area contributed by atoms with Crippen molar-refractivity contribution in [3.05, 3.63) is 0 Å². The van der Waals surface area contributed by atoms with Gasteiger partial charge in [-0.25, -0.2) is 0 Å². The highest BCUT2D eigenvalue weighted by Gasteiger charge is 2.30. The van der Waals surface area contributed by atoms with Crippen LogP contribution in [0.2, 0.25) is 0 Å². The van der Waals surface area contributed by atoms with Crippen molar-refractivity contribution in [1.29, 1.82) is 0 Å². The van der Waals surface area contributed by atoms with Gasteiger partial charge in [0.25, 0.3) is 0 Å².